The Morgan fingerprint density at radius 2 is 0.786 bits per heavy atom. The van der Waals surface area contributed by atoms with Crippen molar-refractivity contribution in [1.29, 1.82) is 0 Å². The summed E-state index contributed by atoms with van der Waals surface area (Å²) >= 11 is 13.9. The lowest BCUT2D eigenvalue weighted by atomic mass is 9.99. The molecule has 4 nitrogen and oxygen atoms in total. The van der Waals surface area contributed by atoms with Gasteiger partial charge in [0.25, 0.3) is 0 Å². The first-order chi connectivity index (χ1) is 20.4. The molecular formula is C30H20O4S8. The van der Waals surface area contributed by atoms with Crippen LogP contribution in [-0.4, -0.2) is 26.2 Å². The van der Waals surface area contributed by atoms with Crippen LogP contribution in [0.25, 0.3) is 30.0 Å². The topological polar surface area (TPSA) is 52.6 Å². The molecule has 12 heteroatoms. The first-order valence-electron chi connectivity index (χ1n) is 12.6. The van der Waals surface area contributed by atoms with Crippen molar-refractivity contribution in [2.24, 2.45) is 0 Å². The lowest BCUT2D eigenvalue weighted by molar-refractivity contribution is -0.138. The number of fused-ring (bicyclic) bond motifs is 2. The second-order valence-corrected chi connectivity index (χ2v) is 19.3. The molecule has 7 rings (SSSR count). The van der Waals surface area contributed by atoms with Crippen LogP contribution in [0.15, 0.2) is 85.1 Å². The highest BCUT2D eigenvalue weighted by Crippen LogP contribution is 2.70. The Labute approximate surface area is 276 Å². The minimum absolute atomic E-state index is 0.261. The molecule has 0 atom stereocenters. The Balaban J connectivity index is 1.39. The lowest BCUT2D eigenvalue weighted by Gasteiger charge is -2.12. The Morgan fingerprint density at radius 3 is 1.14 bits per heavy atom. The fourth-order valence-corrected chi connectivity index (χ4v) is 16.6. The molecule has 4 heterocycles. The van der Waals surface area contributed by atoms with Crippen molar-refractivity contribution in [3.05, 3.63) is 95.5 Å². The highest BCUT2D eigenvalue weighted by Gasteiger charge is 2.35. The van der Waals surface area contributed by atoms with Gasteiger partial charge in [0, 0.05) is 10.4 Å². The number of rotatable bonds is 2. The zero-order valence-corrected chi connectivity index (χ0v) is 29.0. The molecule has 42 heavy (non-hydrogen) atoms. The van der Waals surface area contributed by atoms with E-state index in [1.807, 2.05) is 82.7 Å². The van der Waals surface area contributed by atoms with Crippen molar-refractivity contribution in [2.75, 3.05) is 14.2 Å². The van der Waals surface area contributed by atoms with E-state index in [9.17, 15) is 9.59 Å². The summed E-state index contributed by atoms with van der Waals surface area (Å²) < 4.78 is 17.7. The number of allylic oxidation sites excluding steroid dienone is 2. The molecule has 4 aliphatic rings. The summed E-state index contributed by atoms with van der Waals surface area (Å²) in [6.45, 7) is 4.40. The number of carbonyl (C=O) groups is 2. The molecule has 0 radical (unpaired) electrons. The number of hydrogen-bond donors (Lipinski definition) is 0. The minimum Gasteiger partial charge on any atom is -0.465 e. The molecule has 0 aromatic heterocycles. The fourth-order valence-electron chi connectivity index (χ4n) is 4.72. The maximum absolute atomic E-state index is 12.7. The SMILES string of the molecule is COC(=O)C1=C(C(=O)OC)SC(=c2c3ccccc3c(=C3SC4=C(SC(=C5SC(C)=C(C)S5)S4)S3)c3ccccc23)S1. The summed E-state index contributed by atoms with van der Waals surface area (Å²) in [7, 11) is 2.65. The Hall–Kier alpha value is -1.38. The largest absolute Gasteiger partial charge is 0.465 e. The van der Waals surface area contributed by atoms with Gasteiger partial charge >= 0.3 is 11.9 Å². The highest BCUT2D eigenvalue weighted by atomic mass is 32.3. The molecule has 0 bridgehead atoms. The molecule has 0 amide bonds. The van der Waals surface area contributed by atoms with Crippen molar-refractivity contribution in [3.63, 3.8) is 0 Å². The molecule has 4 aliphatic heterocycles. The molecule has 0 fully saturated rings. The van der Waals surface area contributed by atoms with E-state index in [4.69, 9.17) is 9.47 Å². The van der Waals surface area contributed by atoms with Crippen LogP contribution in [0.3, 0.4) is 0 Å². The van der Waals surface area contributed by atoms with Crippen molar-refractivity contribution in [1.82, 2.24) is 0 Å². The van der Waals surface area contributed by atoms with Gasteiger partial charge in [0.05, 0.1) is 39.6 Å². The fraction of sp³-hybridized carbons (Fsp3) is 0.133. The molecule has 0 aliphatic carbocycles. The maximum atomic E-state index is 12.7. The van der Waals surface area contributed by atoms with E-state index in [0.29, 0.717) is 0 Å². The first-order valence-corrected chi connectivity index (χ1v) is 19.1. The van der Waals surface area contributed by atoms with Crippen LogP contribution in [0.5, 0.6) is 0 Å². The van der Waals surface area contributed by atoms with Gasteiger partial charge < -0.3 is 9.47 Å². The van der Waals surface area contributed by atoms with Crippen molar-refractivity contribution in [3.8, 4) is 0 Å². The average Bonchev–Trinajstić information content (AvgIpc) is 3.78. The second-order valence-electron chi connectivity index (χ2n) is 9.14. The van der Waals surface area contributed by atoms with E-state index in [2.05, 4.69) is 50.2 Å². The number of methoxy groups -OCH3 is 2. The predicted octanol–water partition coefficient (Wildman–Crippen LogP) is 9.11. The van der Waals surface area contributed by atoms with Gasteiger partial charge in [-0.1, -0.05) is 143 Å². The third kappa shape index (κ3) is 4.99. The zero-order valence-electron chi connectivity index (χ0n) is 22.5. The van der Waals surface area contributed by atoms with Gasteiger partial charge in [-0.05, 0) is 45.2 Å². The highest BCUT2D eigenvalue weighted by molar-refractivity contribution is 8.52. The lowest BCUT2D eigenvalue weighted by Crippen LogP contribution is -2.17. The quantitative estimate of drug-likeness (QED) is 0.189. The molecule has 3 aromatic carbocycles. The Bertz CT molecular complexity index is 1890. The molecular weight excluding hydrogens is 681 g/mol. The van der Waals surface area contributed by atoms with Crippen LogP contribution >= 0.6 is 94.1 Å². The van der Waals surface area contributed by atoms with E-state index < -0.39 is 11.9 Å². The number of hydrogen-bond acceptors (Lipinski definition) is 12. The van der Waals surface area contributed by atoms with Gasteiger partial charge in [0.15, 0.2) is 0 Å². The third-order valence-electron chi connectivity index (χ3n) is 6.74. The summed E-state index contributed by atoms with van der Waals surface area (Å²) in [6, 6.07) is 16.9. The van der Waals surface area contributed by atoms with Crippen LogP contribution in [0.4, 0.5) is 0 Å². The van der Waals surface area contributed by atoms with Crippen LogP contribution in [0.2, 0.25) is 0 Å². The average molecular weight is 701 g/mol. The summed E-state index contributed by atoms with van der Waals surface area (Å²) in [5, 5.41) is 6.69. The van der Waals surface area contributed by atoms with Gasteiger partial charge in [-0.15, -0.1) is 0 Å². The molecule has 0 unspecified atom stereocenters. The molecule has 0 N–H and O–H groups in total. The monoisotopic (exact) mass is 700 g/mol. The Kier molecular flexibility index (Phi) is 8.28. The van der Waals surface area contributed by atoms with E-state index in [0.717, 1.165) is 31.0 Å². The van der Waals surface area contributed by atoms with E-state index in [1.54, 1.807) is 0 Å². The van der Waals surface area contributed by atoms with Crippen LogP contribution in [0, 0.1) is 0 Å². The molecule has 0 saturated heterocycles. The second kappa shape index (κ2) is 11.8. The van der Waals surface area contributed by atoms with Gasteiger partial charge in [-0.3, -0.25) is 0 Å². The standard InChI is InChI=1S/C30H20O4S8/c1-13-14(2)36-27(35-13)28-41-29-30(42-28)40-26(39-29)20-17-11-7-5-9-15(17)19(16-10-6-8-12-18(16)20)25-37-21(23(31)33-3)22(38-25)24(32)34-4/h5-12H,1-4H3. The van der Waals surface area contributed by atoms with Crippen LogP contribution < -0.4 is 10.4 Å². The number of benzene rings is 3. The molecule has 212 valence electrons. The van der Waals surface area contributed by atoms with Crippen LogP contribution in [-0.2, 0) is 19.1 Å². The molecule has 0 spiro atoms. The summed E-state index contributed by atoms with van der Waals surface area (Å²) in [5.41, 5.74) is 0. The predicted molar refractivity (Wildman–Crippen MR) is 192 cm³/mol. The van der Waals surface area contributed by atoms with Crippen molar-refractivity contribution < 1.29 is 19.1 Å². The molecule has 3 aromatic rings. The summed E-state index contributed by atoms with van der Waals surface area (Å²) in [6.07, 6.45) is 0. The number of thioether (sulfide) groups is 8. The maximum Gasteiger partial charge on any atom is 0.346 e. The first kappa shape index (κ1) is 29.3. The number of esters is 2. The molecule has 0 saturated carbocycles. The summed E-state index contributed by atoms with van der Waals surface area (Å²) in [4.78, 5) is 28.6. The minimum atomic E-state index is -0.539. The Morgan fingerprint density at radius 1 is 0.476 bits per heavy atom. The summed E-state index contributed by atoms with van der Waals surface area (Å²) in [5.74, 6) is -1.08. The van der Waals surface area contributed by atoms with E-state index in [1.165, 1.54) is 74.0 Å². The normalized spacial score (nSPS) is 18.9. The van der Waals surface area contributed by atoms with E-state index >= 15 is 0 Å². The van der Waals surface area contributed by atoms with Crippen molar-refractivity contribution >= 4 is 136 Å². The van der Waals surface area contributed by atoms with E-state index in [-0.39, 0.29) is 9.81 Å². The van der Waals surface area contributed by atoms with Gasteiger partial charge in [0.2, 0.25) is 0 Å². The van der Waals surface area contributed by atoms with Gasteiger partial charge in [0.1, 0.15) is 9.81 Å². The number of ether oxygens (including phenoxy) is 2. The van der Waals surface area contributed by atoms with Gasteiger partial charge in [-0.2, -0.15) is 0 Å². The third-order valence-corrected chi connectivity index (χ3v) is 18.1. The van der Waals surface area contributed by atoms with Crippen LogP contribution in [0.1, 0.15) is 13.8 Å². The van der Waals surface area contributed by atoms with Gasteiger partial charge in [-0.25, -0.2) is 9.59 Å². The van der Waals surface area contributed by atoms with Crippen molar-refractivity contribution in [2.45, 2.75) is 13.8 Å². The number of carbonyl (C=O) groups excluding carboxylic acids is 2. The smallest absolute Gasteiger partial charge is 0.346 e. The zero-order chi connectivity index (χ0) is 29.1.